The van der Waals surface area contributed by atoms with Gasteiger partial charge in [-0.05, 0) is 25.5 Å². The van der Waals surface area contributed by atoms with E-state index in [2.05, 4.69) is 15.6 Å². The molecule has 0 aliphatic rings. The van der Waals surface area contributed by atoms with Crippen molar-refractivity contribution in [2.24, 2.45) is 0 Å². The Balaban J connectivity index is 2.72. The summed E-state index contributed by atoms with van der Waals surface area (Å²) in [5.41, 5.74) is 0. The predicted octanol–water partition coefficient (Wildman–Crippen LogP) is 1.42. The normalized spacial score (nSPS) is 11.7. The molecule has 5 nitrogen and oxygen atoms in total. The van der Waals surface area contributed by atoms with E-state index in [0.29, 0.717) is 18.2 Å². The molecule has 1 aromatic heterocycles. The number of nitrogens with zero attached hydrogens (tertiary/aromatic N) is 1. The maximum atomic E-state index is 11.4. The number of likely N-dealkylation sites (N-methyl/N-ethyl adjacent to an activating group) is 1. The minimum Gasteiger partial charge on any atom is -0.490 e. The highest BCUT2D eigenvalue weighted by Crippen LogP contribution is 2.21. The van der Waals surface area contributed by atoms with Gasteiger partial charge in [0.25, 0.3) is 0 Å². The molecule has 0 aromatic carbocycles. The summed E-state index contributed by atoms with van der Waals surface area (Å²) in [6.07, 6.45) is 2.59. The molecule has 94 valence electrons. The Labute approximate surface area is 102 Å². The molecular weight excluding hydrogens is 218 g/mol. The lowest BCUT2D eigenvalue weighted by molar-refractivity contribution is -0.121. The highest BCUT2D eigenvalue weighted by molar-refractivity contribution is 5.83. The molecule has 1 unspecified atom stereocenters. The van der Waals surface area contributed by atoms with Crippen LogP contribution in [0.4, 0.5) is 5.82 Å². The molecule has 1 atom stereocenters. The summed E-state index contributed by atoms with van der Waals surface area (Å²) in [4.78, 5) is 15.6. The monoisotopic (exact) mass is 237 g/mol. The molecule has 2 N–H and O–H groups in total. The number of nitrogens with one attached hydrogen (secondary N) is 2. The fraction of sp³-hybridized carbons (Fsp3) is 0.500. The Hall–Kier alpha value is -1.78. The highest BCUT2D eigenvalue weighted by atomic mass is 16.5. The fourth-order valence-electron chi connectivity index (χ4n) is 1.31. The van der Waals surface area contributed by atoms with Crippen molar-refractivity contribution in [3.63, 3.8) is 0 Å². The Morgan fingerprint density at radius 2 is 2.35 bits per heavy atom. The second-order valence-corrected chi connectivity index (χ2v) is 3.68. The quantitative estimate of drug-likeness (QED) is 0.785. The minimum atomic E-state index is -0.348. The first-order valence-electron chi connectivity index (χ1n) is 5.75. The van der Waals surface area contributed by atoms with Gasteiger partial charge in [0.15, 0.2) is 11.6 Å². The average Bonchev–Trinajstić information content (AvgIpc) is 2.36. The van der Waals surface area contributed by atoms with Gasteiger partial charge in [-0.3, -0.25) is 4.79 Å². The van der Waals surface area contributed by atoms with Crippen molar-refractivity contribution in [1.29, 1.82) is 0 Å². The molecule has 5 heteroatoms. The minimum absolute atomic E-state index is 0.0860. The molecular formula is C12H19N3O2. The Kier molecular flexibility index (Phi) is 5.26. The van der Waals surface area contributed by atoms with Gasteiger partial charge < -0.3 is 15.4 Å². The number of rotatable bonds is 6. The number of hydrogen-bond donors (Lipinski definition) is 2. The fourth-order valence-corrected chi connectivity index (χ4v) is 1.31. The van der Waals surface area contributed by atoms with E-state index in [1.54, 1.807) is 26.2 Å². The third-order valence-electron chi connectivity index (χ3n) is 2.23. The summed E-state index contributed by atoms with van der Waals surface area (Å²) in [7, 11) is 1.60. The van der Waals surface area contributed by atoms with E-state index in [-0.39, 0.29) is 11.9 Å². The number of aromatic nitrogens is 1. The molecule has 0 spiro atoms. The SMILES string of the molecule is CCCOc1cccnc1NC(C)C(=O)NC. The van der Waals surface area contributed by atoms with Crippen LogP contribution in [0, 0.1) is 0 Å². The van der Waals surface area contributed by atoms with Gasteiger partial charge in [-0.2, -0.15) is 0 Å². The number of amides is 1. The van der Waals surface area contributed by atoms with Crippen LogP contribution in [-0.2, 0) is 4.79 Å². The van der Waals surface area contributed by atoms with Crippen molar-refractivity contribution in [3.8, 4) is 5.75 Å². The number of pyridine rings is 1. The van der Waals surface area contributed by atoms with Crippen molar-refractivity contribution in [2.45, 2.75) is 26.3 Å². The Morgan fingerprint density at radius 3 is 3.00 bits per heavy atom. The Morgan fingerprint density at radius 1 is 1.59 bits per heavy atom. The molecule has 0 bridgehead atoms. The van der Waals surface area contributed by atoms with Gasteiger partial charge in [-0.15, -0.1) is 0 Å². The number of ether oxygens (including phenoxy) is 1. The standard InChI is InChI=1S/C12H19N3O2/c1-4-8-17-10-6-5-7-14-11(10)15-9(2)12(16)13-3/h5-7,9H,4,8H2,1-3H3,(H,13,16)(H,14,15). The van der Waals surface area contributed by atoms with Crippen LogP contribution in [0.3, 0.4) is 0 Å². The van der Waals surface area contributed by atoms with E-state index < -0.39 is 0 Å². The average molecular weight is 237 g/mol. The first kappa shape index (κ1) is 13.3. The van der Waals surface area contributed by atoms with Crippen LogP contribution in [0.15, 0.2) is 18.3 Å². The zero-order valence-corrected chi connectivity index (χ0v) is 10.5. The molecule has 0 saturated heterocycles. The highest BCUT2D eigenvalue weighted by Gasteiger charge is 2.13. The van der Waals surface area contributed by atoms with Crippen LogP contribution in [0.1, 0.15) is 20.3 Å². The third-order valence-corrected chi connectivity index (χ3v) is 2.23. The summed E-state index contributed by atoms with van der Waals surface area (Å²) in [6.45, 7) is 4.45. The summed E-state index contributed by atoms with van der Waals surface area (Å²) in [5.74, 6) is 1.18. The lowest BCUT2D eigenvalue weighted by atomic mass is 10.3. The largest absolute Gasteiger partial charge is 0.490 e. The van der Waals surface area contributed by atoms with Gasteiger partial charge in [-0.1, -0.05) is 6.92 Å². The van der Waals surface area contributed by atoms with Crippen LogP contribution < -0.4 is 15.4 Å². The molecule has 1 aromatic rings. The summed E-state index contributed by atoms with van der Waals surface area (Å²) in [5, 5.41) is 5.60. The lowest BCUT2D eigenvalue weighted by Crippen LogP contribution is -2.35. The molecule has 1 rings (SSSR count). The van der Waals surface area contributed by atoms with E-state index in [9.17, 15) is 4.79 Å². The van der Waals surface area contributed by atoms with Crippen molar-refractivity contribution >= 4 is 11.7 Å². The van der Waals surface area contributed by atoms with E-state index in [4.69, 9.17) is 4.74 Å². The first-order valence-corrected chi connectivity index (χ1v) is 5.75. The van der Waals surface area contributed by atoms with Gasteiger partial charge in [0.05, 0.1) is 6.61 Å². The van der Waals surface area contributed by atoms with Crippen molar-refractivity contribution in [3.05, 3.63) is 18.3 Å². The van der Waals surface area contributed by atoms with Crippen molar-refractivity contribution in [2.75, 3.05) is 19.0 Å². The number of hydrogen-bond acceptors (Lipinski definition) is 4. The summed E-state index contributed by atoms with van der Waals surface area (Å²) in [6, 6.07) is 3.29. The molecule has 0 aliphatic heterocycles. The Bertz CT molecular complexity index is 369. The molecule has 1 amide bonds. The molecule has 1 heterocycles. The predicted molar refractivity (Wildman–Crippen MR) is 67.2 cm³/mol. The van der Waals surface area contributed by atoms with E-state index in [1.165, 1.54) is 0 Å². The second-order valence-electron chi connectivity index (χ2n) is 3.68. The smallest absolute Gasteiger partial charge is 0.241 e. The van der Waals surface area contributed by atoms with Gasteiger partial charge in [-0.25, -0.2) is 4.98 Å². The molecule has 0 radical (unpaired) electrons. The molecule has 0 fully saturated rings. The first-order chi connectivity index (χ1) is 8.19. The number of carbonyl (C=O) groups is 1. The zero-order chi connectivity index (χ0) is 12.7. The van der Waals surface area contributed by atoms with Crippen LogP contribution in [0.5, 0.6) is 5.75 Å². The van der Waals surface area contributed by atoms with Crippen LogP contribution >= 0.6 is 0 Å². The maximum Gasteiger partial charge on any atom is 0.241 e. The van der Waals surface area contributed by atoms with E-state index in [0.717, 1.165) is 6.42 Å². The summed E-state index contributed by atoms with van der Waals surface area (Å²) >= 11 is 0. The lowest BCUT2D eigenvalue weighted by Gasteiger charge is -2.15. The number of anilines is 1. The van der Waals surface area contributed by atoms with Gasteiger partial charge in [0.1, 0.15) is 6.04 Å². The van der Waals surface area contributed by atoms with Crippen LogP contribution in [-0.4, -0.2) is 30.6 Å². The topological polar surface area (TPSA) is 63.2 Å². The molecule has 17 heavy (non-hydrogen) atoms. The van der Waals surface area contributed by atoms with Crippen molar-refractivity contribution in [1.82, 2.24) is 10.3 Å². The third kappa shape index (κ3) is 3.94. The van der Waals surface area contributed by atoms with E-state index in [1.807, 2.05) is 13.0 Å². The van der Waals surface area contributed by atoms with Crippen molar-refractivity contribution < 1.29 is 9.53 Å². The summed E-state index contributed by atoms with van der Waals surface area (Å²) < 4.78 is 5.54. The van der Waals surface area contributed by atoms with Crippen LogP contribution in [0.25, 0.3) is 0 Å². The van der Waals surface area contributed by atoms with Gasteiger partial charge in [0, 0.05) is 13.2 Å². The van der Waals surface area contributed by atoms with Crippen LogP contribution in [0.2, 0.25) is 0 Å². The van der Waals surface area contributed by atoms with Gasteiger partial charge >= 0.3 is 0 Å². The molecule has 0 aliphatic carbocycles. The maximum absolute atomic E-state index is 11.4. The number of carbonyl (C=O) groups excluding carboxylic acids is 1. The zero-order valence-electron chi connectivity index (χ0n) is 10.5. The molecule has 0 saturated carbocycles. The second kappa shape index (κ2) is 6.73. The van der Waals surface area contributed by atoms with E-state index >= 15 is 0 Å². The van der Waals surface area contributed by atoms with Gasteiger partial charge in [0.2, 0.25) is 5.91 Å².